The summed E-state index contributed by atoms with van der Waals surface area (Å²) in [5.41, 5.74) is 1.14. The van der Waals surface area contributed by atoms with E-state index in [9.17, 15) is 0 Å². The zero-order valence-electron chi connectivity index (χ0n) is 9.16. The fourth-order valence-electron chi connectivity index (χ4n) is 1.94. The van der Waals surface area contributed by atoms with Crippen LogP contribution in [0.1, 0.15) is 17.9 Å². The minimum Gasteiger partial charge on any atom is -0.493 e. The maximum absolute atomic E-state index is 8.04. The van der Waals surface area contributed by atoms with Crippen LogP contribution in [0.4, 0.5) is 0 Å². The highest BCUT2D eigenvalue weighted by atomic mass is 16.5. The van der Waals surface area contributed by atoms with Crippen molar-refractivity contribution in [1.29, 1.82) is 5.41 Å². The Hall–Kier alpha value is -1.51. The third-order valence-corrected chi connectivity index (χ3v) is 2.77. The first-order chi connectivity index (χ1) is 7.20. The van der Waals surface area contributed by atoms with E-state index >= 15 is 0 Å². The van der Waals surface area contributed by atoms with E-state index in [2.05, 4.69) is 6.07 Å². The lowest BCUT2D eigenvalue weighted by molar-refractivity contribution is 0.279. The Morgan fingerprint density at radius 3 is 2.87 bits per heavy atom. The summed E-state index contributed by atoms with van der Waals surface area (Å²) < 4.78 is 5.57. The summed E-state index contributed by atoms with van der Waals surface area (Å²) in [4.78, 5) is 1.87. The van der Waals surface area contributed by atoms with Crippen molar-refractivity contribution in [3.63, 3.8) is 0 Å². The molecule has 2 rings (SSSR count). The second-order valence-electron chi connectivity index (χ2n) is 4.01. The Balaban J connectivity index is 2.34. The lowest BCUT2D eigenvalue weighted by Crippen LogP contribution is -2.30. The Labute approximate surface area is 90.2 Å². The van der Waals surface area contributed by atoms with E-state index in [1.54, 1.807) is 0 Å². The highest BCUT2D eigenvalue weighted by Crippen LogP contribution is 2.34. The van der Waals surface area contributed by atoms with E-state index in [4.69, 9.17) is 10.1 Å². The summed E-state index contributed by atoms with van der Waals surface area (Å²) in [5, 5.41) is 8.04. The number of rotatable bonds is 1. The van der Waals surface area contributed by atoms with Gasteiger partial charge < -0.3 is 9.64 Å². The second-order valence-corrected chi connectivity index (χ2v) is 4.01. The minimum atomic E-state index is 0.185. The standard InChI is InChI=1S/C12H16N2O/c1-14(2)12(13)10-7-8-15-11-6-4-3-5-9(10)11/h3-6,10,13H,7-8H2,1-2H3. The van der Waals surface area contributed by atoms with Gasteiger partial charge in [-0.15, -0.1) is 0 Å². The summed E-state index contributed by atoms with van der Waals surface area (Å²) >= 11 is 0. The van der Waals surface area contributed by atoms with Crippen molar-refractivity contribution in [1.82, 2.24) is 4.90 Å². The lowest BCUT2D eigenvalue weighted by atomic mass is 9.91. The number of nitrogens with one attached hydrogen (secondary N) is 1. The second kappa shape index (κ2) is 3.93. The summed E-state index contributed by atoms with van der Waals surface area (Å²) in [6.07, 6.45) is 0.897. The van der Waals surface area contributed by atoms with Crippen LogP contribution in [0.2, 0.25) is 0 Å². The van der Waals surface area contributed by atoms with Gasteiger partial charge in [-0.2, -0.15) is 0 Å². The van der Waals surface area contributed by atoms with Crippen molar-refractivity contribution in [2.75, 3.05) is 20.7 Å². The Bertz CT molecular complexity index is 374. The number of hydrogen-bond donors (Lipinski definition) is 1. The van der Waals surface area contributed by atoms with Crippen LogP contribution in [0.25, 0.3) is 0 Å². The molecule has 1 aliphatic heterocycles. The van der Waals surface area contributed by atoms with Crippen molar-refractivity contribution in [2.24, 2.45) is 0 Å². The third kappa shape index (κ3) is 1.82. The van der Waals surface area contributed by atoms with Gasteiger partial charge in [0.2, 0.25) is 0 Å². The Kier molecular flexibility index (Phi) is 2.62. The summed E-state index contributed by atoms with van der Waals surface area (Å²) in [5.74, 6) is 1.77. The molecular weight excluding hydrogens is 188 g/mol. The Morgan fingerprint density at radius 2 is 2.13 bits per heavy atom. The third-order valence-electron chi connectivity index (χ3n) is 2.77. The average Bonchev–Trinajstić information content (AvgIpc) is 2.27. The van der Waals surface area contributed by atoms with Crippen molar-refractivity contribution in [3.05, 3.63) is 29.8 Å². The van der Waals surface area contributed by atoms with Gasteiger partial charge in [0.15, 0.2) is 0 Å². The molecule has 0 saturated carbocycles. The quantitative estimate of drug-likeness (QED) is 0.561. The van der Waals surface area contributed by atoms with Gasteiger partial charge >= 0.3 is 0 Å². The summed E-state index contributed by atoms with van der Waals surface area (Å²) in [6.45, 7) is 0.706. The molecule has 1 aromatic rings. The van der Waals surface area contributed by atoms with Gasteiger partial charge in [0.05, 0.1) is 6.61 Å². The Morgan fingerprint density at radius 1 is 1.40 bits per heavy atom. The molecule has 0 amide bonds. The number of benzene rings is 1. The molecule has 3 heteroatoms. The smallest absolute Gasteiger partial charge is 0.123 e. The molecule has 0 radical (unpaired) electrons. The number of amidine groups is 1. The topological polar surface area (TPSA) is 36.3 Å². The highest BCUT2D eigenvalue weighted by Gasteiger charge is 2.25. The van der Waals surface area contributed by atoms with Gasteiger partial charge in [0.25, 0.3) is 0 Å². The largest absolute Gasteiger partial charge is 0.493 e. The summed E-state index contributed by atoms with van der Waals surface area (Å²) in [7, 11) is 3.83. The number of likely N-dealkylation sites (N-methyl/N-ethyl adjacent to an activating group) is 1. The van der Waals surface area contributed by atoms with E-state index in [-0.39, 0.29) is 5.92 Å². The molecule has 1 aliphatic rings. The first-order valence-corrected chi connectivity index (χ1v) is 5.17. The molecule has 1 aromatic carbocycles. The highest BCUT2D eigenvalue weighted by molar-refractivity contribution is 5.86. The van der Waals surface area contributed by atoms with Crippen molar-refractivity contribution >= 4 is 5.84 Å². The van der Waals surface area contributed by atoms with Crippen molar-refractivity contribution in [3.8, 4) is 5.75 Å². The average molecular weight is 204 g/mol. The van der Waals surface area contributed by atoms with Crippen LogP contribution in [0.3, 0.4) is 0 Å². The molecular formula is C12H16N2O. The van der Waals surface area contributed by atoms with E-state index in [0.29, 0.717) is 12.4 Å². The van der Waals surface area contributed by atoms with Gasteiger partial charge in [-0.3, -0.25) is 5.41 Å². The van der Waals surface area contributed by atoms with E-state index in [1.807, 2.05) is 37.2 Å². The van der Waals surface area contributed by atoms with Crippen LogP contribution in [-0.2, 0) is 0 Å². The molecule has 0 aliphatic carbocycles. The fourth-order valence-corrected chi connectivity index (χ4v) is 1.94. The van der Waals surface area contributed by atoms with Crippen LogP contribution >= 0.6 is 0 Å². The molecule has 0 spiro atoms. The molecule has 0 fully saturated rings. The van der Waals surface area contributed by atoms with Crippen molar-refractivity contribution in [2.45, 2.75) is 12.3 Å². The lowest BCUT2D eigenvalue weighted by Gasteiger charge is -2.29. The van der Waals surface area contributed by atoms with Crippen molar-refractivity contribution < 1.29 is 4.74 Å². The maximum atomic E-state index is 8.04. The number of nitrogens with zero attached hydrogens (tertiary/aromatic N) is 1. The van der Waals surface area contributed by atoms with Gasteiger partial charge in [-0.05, 0) is 12.5 Å². The molecule has 0 bridgehead atoms. The maximum Gasteiger partial charge on any atom is 0.123 e. The zero-order valence-corrected chi connectivity index (χ0v) is 9.16. The van der Waals surface area contributed by atoms with Crippen LogP contribution in [-0.4, -0.2) is 31.4 Å². The molecule has 1 unspecified atom stereocenters. The molecule has 1 heterocycles. The predicted octanol–water partition coefficient (Wildman–Crippen LogP) is 2.09. The van der Waals surface area contributed by atoms with Gasteiger partial charge in [0, 0.05) is 25.6 Å². The molecule has 0 saturated heterocycles. The normalized spacial score (nSPS) is 18.9. The van der Waals surface area contributed by atoms with Crippen LogP contribution in [0.5, 0.6) is 5.75 Å². The van der Waals surface area contributed by atoms with E-state index in [0.717, 1.165) is 17.7 Å². The molecule has 0 aromatic heterocycles. The molecule has 80 valence electrons. The number of fused-ring (bicyclic) bond motifs is 1. The van der Waals surface area contributed by atoms with Gasteiger partial charge in [-0.1, -0.05) is 18.2 Å². The van der Waals surface area contributed by atoms with Gasteiger partial charge in [0.1, 0.15) is 11.6 Å². The molecule has 1 N–H and O–H groups in total. The van der Waals surface area contributed by atoms with Gasteiger partial charge in [-0.25, -0.2) is 0 Å². The number of para-hydroxylation sites is 1. The summed E-state index contributed by atoms with van der Waals surface area (Å²) in [6, 6.07) is 8.01. The van der Waals surface area contributed by atoms with Crippen LogP contribution in [0.15, 0.2) is 24.3 Å². The number of ether oxygens (including phenoxy) is 1. The molecule has 3 nitrogen and oxygen atoms in total. The minimum absolute atomic E-state index is 0.185. The van der Waals surface area contributed by atoms with Crippen LogP contribution in [0, 0.1) is 5.41 Å². The molecule has 15 heavy (non-hydrogen) atoms. The van der Waals surface area contributed by atoms with E-state index < -0.39 is 0 Å². The zero-order chi connectivity index (χ0) is 10.8. The van der Waals surface area contributed by atoms with Crippen LogP contribution < -0.4 is 4.74 Å². The fraction of sp³-hybridized carbons (Fsp3) is 0.417. The predicted molar refractivity (Wildman–Crippen MR) is 60.7 cm³/mol. The monoisotopic (exact) mass is 204 g/mol. The SMILES string of the molecule is CN(C)C(=N)C1CCOc2ccccc21. The first-order valence-electron chi connectivity index (χ1n) is 5.17. The number of hydrogen-bond acceptors (Lipinski definition) is 2. The van der Waals surface area contributed by atoms with E-state index in [1.165, 1.54) is 0 Å². The first kappa shape index (κ1) is 10.0. The molecule has 1 atom stereocenters.